The van der Waals surface area contributed by atoms with E-state index in [0.29, 0.717) is 28.7 Å². The van der Waals surface area contributed by atoms with Crippen molar-refractivity contribution in [1.29, 1.82) is 0 Å². The molecule has 0 atom stereocenters. The Bertz CT molecular complexity index is 434. The van der Waals surface area contributed by atoms with Crippen molar-refractivity contribution < 1.29 is 4.74 Å². The molecule has 2 rings (SSSR count). The second-order valence-electron chi connectivity index (χ2n) is 5.47. The lowest BCUT2D eigenvalue weighted by molar-refractivity contribution is -0.0208. The Labute approximate surface area is 124 Å². The summed E-state index contributed by atoms with van der Waals surface area (Å²) in [7, 11) is 0. The fourth-order valence-electron chi connectivity index (χ4n) is 2.66. The molecule has 1 aliphatic rings. The first kappa shape index (κ1) is 15.0. The fourth-order valence-corrected chi connectivity index (χ4v) is 3.36. The minimum atomic E-state index is -0.573. The molecule has 0 N–H and O–H groups in total. The molecule has 0 unspecified atom stereocenters. The van der Waals surface area contributed by atoms with E-state index in [2.05, 4.69) is 9.97 Å². The Balaban J connectivity index is 2.36. The molecule has 3 nitrogen and oxygen atoms in total. The fraction of sp³-hybridized carbons (Fsp3) is 0.714. The van der Waals surface area contributed by atoms with E-state index in [1.54, 1.807) is 0 Å². The monoisotopic (exact) mass is 302 g/mol. The lowest BCUT2D eigenvalue weighted by Gasteiger charge is -2.24. The zero-order valence-corrected chi connectivity index (χ0v) is 13.2. The summed E-state index contributed by atoms with van der Waals surface area (Å²) in [6.07, 6.45) is 4.70. The van der Waals surface area contributed by atoms with Gasteiger partial charge in [-0.2, -0.15) is 0 Å². The van der Waals surface area contributed by atoms with Crippen LogP contribution < -0.4 is 0 Å². The number of rotatable bonds is 4. The Morgan fingerprint density at radius 3 is 2.16 bits per heavy atom. The van der Waals surface area contributed by atoms with Crippen LogP contribution in [0, 0.1) is 0 Å². The Kier molecular flexibility index (Phi) is 4.70. The van der Waals surface area contributed by atoms with Crippen LogP contribution in [-0.4, -0.2) is 16.6 Å². The quantitative estimate of drug-likeness (QED) is 0.755. The van der Waals surface area contributed by atoms with Crippen molar-refractivity contribution in [2.24, 2.45) is 0 Å². The summed E-state index contributed by atoms with van der Waals surface area (Å²) in [5.41, 5.74) is 0.341. The smallest absolute Gasteiger partial charge is 0.163 e. The normalized spacial score (nSPS) is 17.1. The van der Waals surface area contributed by atoms with E-state index in [1.165, 1.54) is 12.8 Å². The van der Waals surface area contributed by atoms with Crippen LogP contribution in [0.25, 0.3) is 0 Å². The van der Waals surface area contributed by atoms with Gasteiger partial charge in [-0.3, -0.25) is 0 Å². The maximum absolute atomic E-state index is 6.33. The molecule has 5 heteroatoms. The van der Waals surface area contributed by atoms with E-state index in [1.807, 2.05) is 20.8 Å². The molecule has 1 saturated carbocycles. The molecule has 19 heavy (non-hydrogen) atoms. The SMILES string of the molecule is CCOC(C)(C)c1nc(Cl)c(C2CCCC2)c(Cl)n1. The van der Waals surface area contributed by atoms with Gasteiger partial charge in [0.2, 0.25) is 0 Å². The Hall–Kier alpha value is -0.380. The van der Waals surface area contributed by atoms with Crippen LogP contribution in [0.15, 0.2) is 0 Å². The molecule has 1 fully saturated rings. The number of aromatic nitrogens is 2. The Morgan fingerprint density at radius 1 is 1.16 bits per heavy atom. The number of halogens is 2. The maximum atomic E-state index is 6.33. The van der Waals surface area contributed by atoms with Crippen molar-refractivity contribution in [2.75, 3.05) is 6.61 Å². The predicted molar refractivity (Wildman–Crippen MR) is 77.9 cm³/mol. The van der Waals surface area contributed by atoms with Gasteiger partial charge in [0.15, 0.2) is 5.82 Å². The highest BCUT2D eigenvalue weighted by molar-refractivity contribution is 6.34. The summed E-state index contributed by atoms with van der Waals surface area (Å²) >= 11 is 12.7. The highest BCUT2D eigenvalue weighted by atomic mass is 35.5. The van der Waals surface area contributed by atoms with Crippen LogP contribution in [0.4, 0.5) is 0 Å². The highest BCUT2D eigenvalue weighted by Crippen LogP contribution is 2.40. The molecule has 0 saturated heterocycles. The van der Waals surface area contributed by atoms with E-state index < -0.39 is 5.60 Å². The zero-order valence-electron chi connectivity index (χ0n) is 11.7. The van der Waals surface area contributed by atoms with Crippen LogP contribution >= 0.6 is 23.2 Å². The van der Waals surface area contributed by atoms with Gasteiger partial charge in [0, 0.05) is 12.2 Å². The second-order valence-corrected chi connectivity index (χ2v) is 6.18. The number of nitrogens with zero attached hydrogens (tertiary/aromatic N) is 2. The van der Waals surface area contributed by atoms with Crippen molar-refractivity contribution in [2.45, 2.75) is 58.0 Å². The van der Waals surface area contributed by atoms with Crippen LogP contribution in [0.2, 0.25) is 10.3 Å². The molecule has 0 amide bonds. The second kappa shape index (κ2) is 5.94. The Morgan fingerprint density at radius 2 is 1.68 bits per heavy atom. The minimum absolute atomic E-state index is 0.407. The molecule has 106 valence electrons. The van der Waals surface area contributed by atoms with Gasteiger partial charge in [-0.15, -0.1) is 0 Å². The summed E-state index contributed by atoms with van der Waals surface area (Å²) < 4.78 is 5.65. The van der Waals surface area contributed by atoms with E-state index in [4.69, 9.17) is 27.9 Å². The van der Waals surface area contributed by atoms with E-state index in [9.17, 15) is 0 Å². The van der Waals surface area contributed by atoms with Gasteiger partial charge >= 0.3 is 0 Å². The largest absolute Gasteiger partial charge is 0.368 e. The minimum Gasteiger partial charge on any atom is -0.368 e. The van der Waals surface area contributed by atoms with Crippen molar-refractivity contribution >= 4 is 23.2 Å². The molecular weight excluding hydrogens is 283 g/mol. The van der Waals surface area contributed by atoms with Gasteiger partial charge in [-0.05, 0) is 39.5 Å². The first-order chi connectivity index (χ1) is 8.95. The molecule has 0 aromatic carbocycles. The van der Waals surface area contributed by atoms with Crippen molar-refractivity contribution in [3.8, 4) is 0 Å². The van der Waals surface area contributed by atoms with Crippen LogP contribution in [0.3, 0.4) is 0 Å². The van der Waals surface area contributed by atoms with Crippen molar-refractivity contribution in [3.63, 3.8) is 0 Å². The predicted octanol–water partition coefficient (Wildman–Crippen LogP) is 4.71. The average Bonchev–Trinajstić information content (AvgIpc) is 2.81. The molecule has 0 bridgehead atoms. The van der Waals surface area contributed by atoms with Crippen molar-refractivity contribution in [1.82, 2.24) is 9.97 Å². The molecule has 0 spiro atoms. The summed E-state index contributed by atoms with van der Waals surface area (Å²) in [4.78, 5) is 8.83. The molecule has 1 aromatic rings. The van der Waals surface area contributed by atoms with Gasteiger partial charge in [-0.25, -0.2) is 9.97 Å². The molecular formula is C14H20Cl2N2O. The number of hydrogen-bond acceptors (Lipinski definition) is 3. The van der Waals surface area contributed by atoms with E-state index in [-0.39, 0.29) is 0 Å². The van der Waals surface area contributed by atoms with Crippen LogP contribution in [0.1, 0.15) is 63.8 Å². The topological polar surface area (TPSA) is 35.0 Å². The highest BCUT2D eigenvalue weighted by Gasteiger charge is 2.29. The van der Waals surface area contributed by atoms with Crippen LogP contribution in [0.5, 0.6) is 0 Å². The standard InChI is InChI=1S/C14H20Cl2N2O/c1-4-19-14(2,3)13-17-11(15)10(12(16)18-13)9-7-5-6-8-9/h9H,4-8H2,1-3H3. The van der Waals surface area contributed by atoms with Gasteiger partial charge in [0.25, 0.3) is 0 Å². The average molecular weight is 303 g/mol. The number of hydrogen-bond donors (Lipinski definition) is 0. The zero-order chi connectivity index (χ0) is 14.0. The number of ether oxygens (including phenoxy) is 1. The van der Waals surface area contributed by atoms with Crippen molar-refractivity contribution in [3.05, 3.63) is 21.7 Å². The molecule has 1 aliphatic carbocycles. The summed E-state index contributed by atoms with van der Waals surface area (Å²) in [6.45, 7) is 6.38. The molecule has 1 aromatic heterocycles. The maximum Gasteiger partial charge on any atom is 0.163 e. The van der Waals surface area contributed by atoms with Gasteiger partial charge in [-0.1, -0.05) is 36.0 Å². The van der Waals surface area contributed by atoms with E-state index >= 15 is 0 Å². The van der Waals surface area contributed by atoms with E-state index in [0.717, 1.165) is 18.4 Å². The third-order valence-electron chi connectivity index (χ3n) is 3.66. The molecule has 1 heterocycles. The lowest BCUT2D eigenvalue weighted by Crippen LogP contribution is -2.25. The lowest BCUT2D eigenvalue weighted by atomic mass is 10.0. The molecule has 0 aliphatic heterocycles. The first-order valence-electron chi connectivity index (χ1n) is 6.83. The summed E-state index contributed by atoms with van der Waals surface area (Å²) in [6, 6.07) is 0. The third-order valence-corrected chi connectivity index (χ3v) is 4.24. The third kappa shape index (κ3) is 3.21. The van der Waals surface area contributed by atoms with Gasteiger partial charge < -0.3 is 4.74 Å². The molecule has 0 radical (unpaired) electrons. The van der Waals surface area contributed by atoms with Gasteiger partial charge in [0.1, 0.15) is 15.9 Å². The summed E-state index contributed by atoms with van der Waals surface area (Å²) in [5.74, 6) is 0.954. The van der Waals surface area contributed by atoms with Gasteiger partial charge in [0.05, 0.1) is 0 Å². The summed E-state index contributed by atoms with van der Waals surface area (Å²) in [5, 5.41) is 0.962. The van der Waals surface area contributed by atoms with Crippen LogP contribution in [-0.2, 0) is 10.3 Å². The first-order valence-corrected chi connectivity index (χ1v) is 7.58.